The quantitative estimate of drug-likeness (QED) is 0.625. The van der Waals surface area contributed by atoms with Gasteiger partial charge in [0.25, 0.3) is 11.6 Å². The molecule has 1 amide bonds. The Bertz CT molecular complexity index is 640. The molecule has 8 nitrogen and oxygen atoms in total. The van der Waals surface area contributed by atoms with Crippen molar-refractivity contribution in [1.29, 1.82) is 0 Å². The first kappa shape index (κ1) is 14.5. The maximum Gasteiger partial charge on any atom is 0.270 e. The fourth-order valence-corrected chi connectivity index (χ4v) is 1.71. The summed E-state index contributed by atoms with van der Waals surface area (Å²) in [5, 5.41) is 20.0. The normalized spacial score (nSPS) is 10.1. The van der Waals surface area contributed by atoms with Gasteiger partial charge in [0.15, 0.2) is 0 Å². The van der Waals surface area contributed by atoms with Crippen molar-refractivity contribution in [3.8, 4) is 0 Å². The molecule has 2 N–H and O–H groups in total. The van der Waals surface area contributed by atoms with Crippen molar-refractivity contribution in [2.45, 2.75) is 13.3 Å². The molecule has 0 saturated heterocycles. The van der Waals surface area contributed by atoms with Crippen molar-refractivity contribution >= 4 is 23.0 Å². The van der Waals surface area contributed by atoms with Crippen molar-refractivity contribution in [1.82, 2.24) is 5.16 Å². The highest BCUT2D eigenvalue weighted by Crippen LogP contribution is 2.23. The molecule has 0 aliphatic rings. The summed E-state index contributed by atoms with van der Waals surface area (Å²) in [4.78, 5) is 22.5. The van der Waals surface area contributed by atoms with Gasteiger partial charge in [-0.05, 0) is 12.5 Å². The number of amides is 1. The molecule has 0 aliphatic carbocycles. The molecule has 0 spiro atoms. The summed E-state index contributed by atoms with van der Waals surface area (Å²) in [7, 11) is 0. The van der Waals surface area contributed by atoms with Crippen LogP contribution in [0.15, 0.2) is 35.2 Å². The van der Waals surface area contributed by atoms with Crippen LogP contribution in [-0.4, -0.2) is 22.5 Å². The SMILES string of the molecule is CCCNc1ccc([N+](=O)[O-])cc1C(=O)Nc1cnoc1. The number of aromatic nitrogens is 1. The van der Waals surface area contributed by atoms with Crippen LogP contribution >= 0.6 is 0 Å². The van der Waals surface area contributed by atoms with Crippen LogP contribution < -0.4 is 10.6 Å². The Labute approximate surface area is 120 Å². The number of non-ortho nitro benzene ring substituents is 1. The summed E-state index contributed by atoms with van der Waals surface area (Å²) in [6.07, 6.45) is 3.48. The zero-order valence-electron chi connectivity index (χ0n) is 11.3. The second-order valence-electron chi connectivity index (χ2n) is 4.28. The van der Waals surface area contributed by atoms with Gasteiger partial charge in [-0.25, -0.2) is 0 Å². The predicted octanol–water partition coefficient (Wildman–Crippen LogP) is 2.66. The van der Waals surface area contributed by atoms with Crippen LogP contribution in [0, 0.1) is 10.1 Å². The Morgan fingerprint density at radius 1 is 1.48 bits per heavy atom. The highest BCUT2D eigenvalue weighted by atomic mass is 16.6. The summed E-state index contributed by atoms with van der Waals surface area (Å²) >= 11 is 0. The van der Waals surface area contributed by atoms with Gasteiger partial charge in [0.1, 0.15) is 12.0 Å². The molecule has 1 aromatic heterocycles. The highest BCUT2D eigenvalue weighted by Gasteiger charge is 2.17. The second kappa shape index (κ2) is 6.51. The third kappa shape index (κ3) is 3.56. The molecule has 0 fully saturated rings. The number of hydrogen-bond acceptors (Lipinski definition) is 6. The fourth-order valence-electron chi connectivity index (χ4n) is 1.71. The summed E-state index contributed by atoms with van der Waals surface area (Å²) in [6.45, 7) is 2.64. The minimum Gasteiger partial charge on any atom is -0.384 e. The molecule has 0 atom stereocenters. The molecule has 0 saturated carbocycles. The number of rotatable bonds is 6. The van der Waals surface area contributed by atoms with E-state index in [0.717, 1.165) is 6.42 Å². The van der Waals surface area contributed by atoms with E-state index in [1.54, 1.807) is 0 Å². The Morgan fingerprint density at radius 3 is 2.90 bits per heavy atom. The van der Waals surface area contributed by atoms with E-state index >= 15 is 0 Å². The van der Waals surface area contributed by atoms with Crippen molar-refractivity contribution in [2.75, 3.05) is 17.2 Å². The number of anilines is 2. The highest BCUT2D eigenvalue weighted by molar-refractivity contribution is 6.08. The number of hydrogen-bond donors (Lipinski definition) is 2. The molecule has 0 bridgehead atoms. The largest absolute Gasteiger partial charge is 0.384 e. The van der Waals surface area contributed by atoms with Crippen molar-refractivity contribution in [3.63, 3.8) is 0 Å². The lowest BCUT2D eigenvalue weighted by Gasteiger charge is -2.10. The molecule has 2 aromatic rings. The Balaban J connectivity index is 2.30. The van der Waals surface area contributed by atoms with E-state index in [0.29, 0.717) is 17.9 Å². The number of nitro groups is 1. The molecule has 0 aliphatic heterocycles. The molecule has 110 valence electrons. The number of benzene rings is 1. The second-order valence-corrected chi connectivity index (χ2v) is 4.28. The molecule has 2 rings (SSSR count). The molecule has 1 aromatic carbocycles. The predicted molar refractivity (Wildman–Crippen MR) is 76.3 cm³/mol. The van der Waals surface area contributed by atoms with Crippen molar-refractivity contribution in [3.05, 3.63) is 46.3 Å². The van der Waals surface area contributed by atoms with Crippen LogP contribution in [0.2, 0.25) is 0 Å². The topological polar surface area (TPSA) is 110 Å². The lowest BCUT2D eigenvalue weighted by atomic mass is 10.1. The monoisotopic (exact) mass is 290 g/mol. The summed E-state index contributed by atoms with van der Waals surface area (Å²) in [5.74, 6) is -0.472. The Kier molecular flexibility index (Phi) is 4.50. The zero-order chi connectivity index (χ0) is 15.2. The fraction of sp³-hybridized carbons (Fsp3) is 0.231. The maximum absolute atomic E-state index is 12.2. The van der Waals surface area contributed by atoms with Gasteiger partial charge >= 0.3 is 0 Å². The lowest BCUT2D eigenvalue weighted by Crippen LogP contribution is -2.15. The molecule has 0 unspecified atom stereocenters. The van der Waals surface area contributed by atoms with Gasteiger partial charge in [-0.3, -0.25) is 14.9 Å². The molecular weight excluding hydrogens is 276 g/mol. The minimum atomic E-state index is -0.542. The average molecular weight is 290 g/mol. The first-order valence-electron chi connectivity index (χ1n) is 6.35. The van der Waals surface area contributed by atoms with Gasteiger partial charge in [0, 0.05) is 24.4 Å². The van der Waals surface area contributed by atoms with E-state index in [9.17, 15) is 14.9 Å². The van der Waals surface area contributed by atoms with E-state index in [4.69, 9.17) is 0 Å². The van der Waals surface area contributed by atoms with E-state index < -0.39 is 10.8 Å². The summed E-state index contributed by atoms with van der Waals surface area (Å²) < 4.78 is 4.62. The summed E-state index contributed by atoms with van der Waals surface area (Å²) in [5.41, 5.74) is 0.968. The van der Waals surface area contributed by atoms with E-state index in [1.807, 2.05) is 6.92 Å². The van der Waals surface area contributed by atoms with Crippen LogP contribution in [0.1, 0.15) is 23.7 Å². The maximum atomic E-state index is 12.2. The van der Waals surface area contributed by atoms with Crippen molar-refractivity contribution < 1.29 is 14.2 Å². The minimum absolute atomic E-state index is 0.146. The lowest BCUT2D eigenvalue weighted by molar-refractivity contribution is -0.384. The van der Waals surface area contributed by atoms with Crippen LogP contribution in [0.5, 0.6) is 0 Å². The number of carbonyl (C=O) groups is 1. The third-order valence-corrected chi connectivity index (χ3v) is 2.71. The Hall–Kier alpha value is -2.90. The molecule has 8 heteroatoms. The van der Waals surface area contributed by atoms with Crippen LogP contribution in [0.4, 0.5) is 17.1 Å². The van der Waals surface area contributed by atoms with Gasteiger partial charge in [-0.2, -0.15) is 0 Å². The van der Waals surface area contributed by atoms with Gasteiger partial charge in [-0.15, -0.1) is 0 Å². The number of nitro benzene ring substituents is 1. The Morgan fingerprint density at radius 2 is 2.29 bits per heavy atom. The first-order valence-corrected chi connectivity index (χ1v) is 6.35. The van der Waals surface area contributed by atoms with Gasteiger partial charge in [0.2, 0.25) is 0 Å². The van der Waals surface area contributed by atoms with E-state index in [-0.39, 0.29) is 11.3 Å². The smallest absolute Gasteiger partial charge is 0.270 e. The van der Waals surface area contributed by atoms with Gasteiger partial charge in [0.05, 0.1) is 16.7 Å². The van der Waals surface area contributed by atoms with Gasteiger partial charge in [-0.1, -0.05) is 12.1 Å². The summed E-state index contributed by atoms with van der Waals surface area (Å²) in [6, 6.07) is 4.12. The molecule has 21 heavy (non-hydrogen) atoms. The van der Waals surface area contributed by atoms with Crippen molar-refractivity contribution in [2.24, 2.45) is 0 Å². The average Bonchev–Trinajstić information content (AvgIpc) is 2.97. The van der Waals surface area contributed by atoms with Crippen LogP contribution in [0.3, 0.4) is 0 Å². The molecule has 0 radical (unpaired) electrons. The van der Waals surface area contributed by atoms with E-state index in [1.165, 1.54) is 30.7 Å². The number of nitrogens with zero attached hydrogens (tertiary/aromatic N) is 2. The van der Waals surface area contributed by atoms with Crippen LogP contribution in [0.25, 0.3) is 0 Å². The van der Waals surface area contributed by atoms with Gasteiger partial charge < -0.3 is 15.2 Å². The number of carbonyl (C=O) groups excluding carboxylic acids is 1. The third-order valence-electron chi connectivity index (χ3n) is 2.71. The zero-order valence-corrected chi connectivity index (χ0v) is 11.3. The van der Waals surface area contributed by atoms with Crippen LogP contribution in [-0.2, 0) is 0 Å². The molecule has 1 heterocycles. The first-order chi connectivity index (χ1) is 10.1. The standard InChI is InChI=1S/C13H14N4O4/c1-2-5-14-12-4-3-10(17(19)20)6-11(12)13(18)16-9-7-15-21-8-9/h3-4,6-8,14H,2,5H2,1H3,(H,16,18). The molecular formula is C13H14N4O4. The number of nitrogens with one attached hydrogen (secondary N) is 2. The van der Waals surface area contributed by atoms with E-state index in [2.05, 4.69) is 20.3 Å².